The van der Waals surface area contributed by atoms with Crippen LogP contribution in [0.2, 0.25) is 10.0 Å². The number of likely N-dealkylation sites (tertiary alicyclic amines) is 1. The van der Waals surface area contributed by atoms with Gasteiger partial charge >= 0.3 is 0 Å². The predicted molar refractivity (Wildman–Crippen MR) is 93.5 cm³/mol. The minimum atomic E-state index is -0.0119. The van der Waals surface area contributed by atoms with Crippen LogP contribution in [0.1, 0.15) is 12.8 Å². The quantitative estimate of drug-likeness (QED) is 0.812. The lowest BCUT2D eigenvalue weighted by molar-refractivity contribution is -0.134. The number of imidazole rings is 1. The van der Waals surface area contributed by atoms with E-state index in [2.05, 4.69) is 9.55 Å². The summed E-state index contributed by atoms with van der Waals surface area (Å²) in [6.07, 6.45) is 7.58. The second kappa shape index (κ2) is 7.90. The van der Waals surface area contributed by atoms with Crippen LogP contribution in [0.5, 0.6) is 5.75 Å². The summed E-state index contributed by atoms with van der Waals surface area (Å²) >= 11 is 11.9. The number of rotatable bonds is 5. The maximum Gasteiger partial charge on any atom is 0.260 e. The molecule has 1 amide bonds. The summed E-state index contributed by atoms with van der Waals surface area (Å²) in [5.41, 5.74) is 0. The Bertz CT molecular complexity index is 683. The molecule has 5 nitrogen and oxygen atoms in total. The summed E-state index contributed by atoms with van der Waals surface area (Å²) in [5, 5.41) is 0.952. The molecular formula is C17H19Cl2N3O2. The first-order valence-electron chi connectivity index (χ1n) is 7.93. The fourth-order valence-corrected chi connectivity index (χ4v) is 3.34. The van der Waals surface area contributed by atoms with Crippen molar-refractivity contribution in [2.75, 3.05) is 19.7 Å². The SMILES string of the molecule is O=C(COc1ccc(Cl)cc1Cl)N1CCC(Cn2ccnc2)CC1. The third-order valence-corrected chi connectivity index (χ3v) is 4.77. The molecule has 7 heteroatoms. The predicted octanol–water partition coefficient (Wildman–Crippen LogP) is 3.51. The van der Waals surface area contributed by atoms with Crippen molar-refractivity contribution in [2.24, 2.45) is 5.92 Å². The molecule has 1 aromatic heterocycles. The number of hydrogen-bond acceptors (Lipinski definition) is 3. The average molecular weight is 368 g/mol. The van der Waals surface area contributed by atoms with E-state index in [0.717, 1.165) is 32.5 Å². The van der Waals surface area contributed by atoms with Crippen LogP contribution in [-0.2, 0) is 11.3 Å². The second-order valence-corrected chi connectivity index (χ2v) is 6.79. The number of carbonyl (C=O) groups excluding carboxylic acids is 1. The highest BCUT2D eigenvalue weighted by atomic mass is 35.5. The molecule has 1 aromatic carbocycles. The van der Waals surface area contributed by atoms with Gasteiger partial charge in [0.25, 0.3) is 5.91 Å². The standard InChI is InChI=1S/C17H19Cl2N3O2/c18-14-1-2-16(15(19)9-14)24-11-17(23)22-6-3-13(4-7-22)10-21-8-5-20-12-21/h1-2,5,8-9,12-13H,3-4,6-7,10-11H2. The Labute approximate surface area is 151 Å². The minimum Gasteiger partial charge on any atom is -0.482 e. The van der Waals surface area contributed by atoms with Gasteiger partial charge in [-0.25, -0.2) is 4.98 Å². The molecule has 24 heavy (non-hydrogen) atoms. The molecule has 2 heterocycles. The van der Waals surface area contributed by atoms with Crippen LogP contribution in [0.3, 0.4) is 0 Å². The number of carbonyl (C=O) groups is 1. The molecule has 1 aliphatic heterocycles. The maximum atomic E-state index is 12.3. The van der Waals surface area contributed by atoms with E-state index in [4.69, 9.17) is 27.9 Å². The summed E-state index contributed by atoms with van der Waals surface area (Å²) < 4.78 is 7.62. The van der Waals surface area contributed by atoms with Crippen LogP contribution >= 0.6 is 23.2 Å². The first kappa shape index (κ1) is 17.1. The molecule has 0 unspecified atom stereocenters. The van der Waals surface area contributed by atoms with Crippen molar-refractivity contribution in [2.45, 2.75) is 19.4 Å². The molecule has 0 saturated carbocycles. The van der Waals surface area contributed by atoms with E-state index in [-0.39, 0.29) is 12.5 Å². The van der Waals surface area contributed by atoms with Crippen molar-refractivity contribution in [3.05, 3.63) is 47.0 Å². The van der Waals surface area contributed by atoms with E-state index in [1.54, 1.807) is 24.4 Å². The molecule has 0 N–H and O–H groups in total. The van der Waals surface area contributed by atoms with Gasteiger partial charge in [-0.2, -0.15) is 0 Å². The van der Waals surface area contributed by atoms with Gasteiger partial charge in [0.05, 0.1) is 11.3 Å². The van der Waals surface area contributed by atoms with Crippen LogP contribution in [0.25, 0.3) is 0 Å². The van der Waals surface area contributed by atoms with Gasteiger partial charge in [-0.1, -0.05) is 23.2 Å². The van der Waals surface area contributed by atoms with Crippen LogP contribution in [0, 0.1) is 5.92 Å². The third kappa shape index (κ3) is 4.42. The zero-order valence-corrected chi connectivity index (χ0v) is 14.7. The van der Waals surface area contributed by atoms with Crippen LogP contribution < -0.4 is 4.74 Å². The molecule has 0 atom stereocenters. The Morgan fingerprint density at radius 2 is 2.08 bits per heavy atom. The van der Waals surface area contributed by atoms with Crippen LogP contribution in [0.15, 0.2) is 36.9 Å². The largest absolute Gasteiger partial charge is 0.482 e. The Kier molecular flexibility index (Phi) is 5.63. The fraction of sp³-hybridized carbons (Fsp3) is 0.412. The van der Waals surface area contributed by atoms with Crippen LogP contribution in [0.4, 0.5) is 0 Å². The number of ether oxygens (including phenoxy) is 1. The van der Waals surface area contributed by atoms with Gasteiger partial charge < -0.3 is 14.2 Å². The van der Waals surface area contributed by atoms with Gasteiger partial charge in [-0.3, -0.25) is 4.79 Å². The second-order valence-electron chi connectivity index (χ2n) is 5.95. The summed E-state index contributed by atoms with van der Waals surface area (Å²) in [6, 6.07) is 4.97. The molecule has 2 aromatic rings. The van der Waals surface area contributed by atoms with Gasteiger partial charge in [-0.15, -0.1) is 0 Å². The fourth-order valence-electron chi connectivity index (χ4n) is 2.88. The molecule has 1 saturated heterocycles. The normalized spacial score (nSPS) is 15.5. The number of halogens is 2. The first-order chi connectivity index (χ1) is 11.6. The molecule has 128 valence electrons. The third-order valence-electron chi connectivity index (χ3n) is 4.24. The smallest absolute Gasteiger partial charge is 0.260 e. The molecule has 1 fully saturated rings. The highest BCUT2D eigenvalue weighted by molar-refractivity contribution is 6.35. The van der Waals surface area contributed by atoms with Gasteiger partial charge in [0.2, 0.25) is 0 Å². The zero-order chi connectivity index (χ0) is 16.9. The number of nitrogens with zero attached hydrogens (tertiary/aromatic N) is 3. The van der Waals surface area contributed by atoms with E-state index in [1.807, 2.05) is 17.4 Å². The Morgan fingerprint density at radius 3 is 2.75 bits per heavy atom. The highest BCUT2D eigenvalue weighted by Crippen LogP contribution is 2.27. The topological polar surface area (TPSA) is 47.4 Å². The number of hydrogen-bond donors (Lipinski definition) is 0. The molecular weight excluding hydrogens is 349 g/mol. The Balaban J connectivity index is 1.45. The monoisotopic (exact) mass is 367 g/mol. The highest BCUT2D eigenvalue weighted by Gasteiger charge is 2.23. The lowest BCUT2D eigenvalue weighted by Gasteiger charge is -2.32. The molecule has 0 spiro atoms. The van der Waals surface area contributed by atoms with Crippen molar-refractivity contribution < 1.29 is 9.53 Å². The number of aromatic nitrogens is 2. The van der Waals surface area contributed by atoms with E-state index in [0.29, 0.717) is 21.7 Å². The minimum absolute atomic E-state index is 0.00641. The number of benzene rings is 1. The van der Waals surface area contributed by atoms with E-state index in [9.17, 15) is 4.79 Å². The first-order valence-corrected chi connectivity index (χ1v) is 8.69. The van der Waals surface area contributed by atoms with E-state index in [1.165, 1.54) is 0 Å². The van der Waals surface area contributed by atoms with E-state index < -0.39 is 0 Å². The summed E-state index contributed by atoms with van der Waals surface area (Å²) in [7, 11) is 0. The lowest BCUT2D eigenvalue weighted by Crippen LogP contribution is -2.41. The van der Waals surface area contributed by atoms with Crippen molar-refractivity contribution in [3.63, 3.8) is 0 Å². The van der Waals surface area contributed by atoms with Gasteiger partial charge in [0.15, 0.2) is 6.61 Å². The number of piperidine rings is 1. The zero-order valence-electron chi connectivity index (χ0n) is 13.2. The van der Waals surface area contributed by atoms with Gasteiger partial charge in [0, 0.05) is 37.1 Å². The summed E-state index contributed by atoms with van der Waals surface area (Å²) in [5.74, 6) is 1.04. The van der Waals surface area contributed by atoms with Crippen molar-refractivity contribution >= 4 is 29.1 Å². The molecule has 3 rings (SSSR count). The van der Waals surface area contributed by atoms with Gasteiger partial charge in [0.1, 0.15) is 5.75 Å². The number of amides is 1. The summed E-state index contributed by atoms with van der Waals surface area (Å²) in [4.78, 5) is 18.2. The lowest BCUT2D eigenvalue weighted by atomic mass is 9.97. The Hall–Kier alpha value is -1.72. The summed E-state index contributed by atoms with van der Waals surface area (Å²) in [6.45, 7) is 2.47. The molecule has 0 radical (unpaired) electrons. The Morgan fingerprint density at radius 1 is 1.29 bits per heavy atom. The average Bonchev–Trinajstić information content (AvgIpc) is 3.07. The molecule has 0 aliphatic carbocycles. The van der Waals surface area contributed by atoms with Crippen molar-refractivity contribution in [1.82, 2.24) is 14.5 Å². The van der Waals surface area contributed by atoms with Gasteiger partial charge in [-0.05, 0) is 37.0 Å². The van der Waals surface area contributed by atoms with Crippen molar-refractivity contribution in [1.29, 1.82) is 0 Å². The maximum absolute atomic E-state index is 12.3. The molecule has 0 bridgehead atoms. The van der Waals surface area contributed by atoms with Crippen molar-refractivity contribution in [3.8, 4) is 5.75 Å². The van der Waals surface area contributed by atoms with E-state index >= 15 is 0 Å². The van der Waals surface area contributed by atoms with Crippen LogP contribution in [-0.4, -0.2) is 40.1 Å². The molecule has 1 aliphatic rings.